The van der Waals surface area contributed by atoms with Crippen molar-refractivity contribution in [3.8, 4) is 5.75 Å². The zero-order valence-corrected chi connectivity index (χ0v) is 48.5. The fraction of sp³-hybridized carbons (Fsp3) is 0.804. The van der Waals surface area contributed by atoms with Gasteiger partial charge in [0.15, 0.2) is 0 Å². The second-order valence-electron chi connectivity index (χ2n) is 19.1. The van der Waals surface area contributed by atoms with Crippen molar-refractivity contribution < 1.29 is 88.6 Å². The molecule has 1 aromatic rings. The van der Waals surface area contributed by atoms with Crippen molar-refractivity contribution in [3.05, 3.63) is 29.1 Å². The lowest BCUT2D eigenvalue weighted by Crippen LogP contribution is -2.50. The van der Waals surface area contributed by atoms with Gasteiger partial charge in [0.1, 0.15) is 5.78 Å². The highest BCUT2D eigenvalue weighted by Gasteiger charge is 2.33. The van der Waals surface area contributed by atoms with Gasteiger partial charge >= 0.3 is 5.97 Å². The van der Waals surface area contributed by atoms with Gasteiger partial charge in [0.2, 0.25) is 52.6 Å². The topological polar surface area (TPSA) is 283 Å². The van der Waals surface area contributed by atoms with Crippen molar-refractivity contribution in [1.29, 1.82) is 0 Å². The summed E-state index contributed by atoms with van der Waals surface area (Å²) < 4.78 is 115. The van der Waals surface area contributed by atoms with E-state index in [1.165, 1.54) is 13.3 Å². The van der Waals surface area contributed by atoms with Crippen molar-refractivity contribution >= 4 is 29.5 Å². The molecule has 0 aliphatic heterocycles. The van der Waals surface area contributed by atoms with E-state index >= 15 is 0 Å². The van der Waals surface area contributed by atoms with Crippen LogP contribution in [0.1, 0.15) is 149 Å². The van der Waals surface area contributed by atoms with Gasteiger partial charge in [0.05, 0.1) is 85.9 Å². The first-order chi connectivity index (χ1) is 39.2. The Morgan fingerprint density at radius 1 is 0.395 bits per heavy atom. The van der Waals surface area contributed by atoms with Crippen LogP contribution in [0.5, 0.6) is 5.75 Å². The Morgan fingerprint density at radius 3 is 1.19 bits per heavy atom. The van der Waals surface area contributed by atoms with Crippen LogP contribution in [0, 0.1) is 29.1 Å². The van der Waals surface area contributed by atoms with Crippen LogP contribution in [-0.2, 0) is 61.9 Å². The molecule has 0 heterocycles. The smallest absolute Gasteiger partial charge is 0.311 e. The summed E-state index contributed by atoms with van der Waals surface area (Å²) in [6.45, 7) is 14.0. The SMILES string of the molecule is CC(=O)CCC(CCC(=O)NCCOCCCCCOCCN)(CCC(=O)NCCOCCOCCOCCN)NC(=O)CCCCCCCCCCC(=O)Oc1c(F)c(F)c(F)c(F)c1F.CCCCOCCOCCOCCN. The number of carbonyl (C=O) groups excluding carboxylic acids is 5. The lowest BCUT2D eigenvalue weighted by atomic mass is 9.82. The van der Waals surface area contributed by atoms with Gasteiger partial charge in [-0.3, -0.25) is 19.2 Å². The monoisotopic (exact) mass is 1170 g/mol. The number of ketones is 1. The van der Waals surface area contributed by atoms with E-state index in [1.54, 1.807) is 0 Å². The molecule has 0 aliphatic rings. The van der Waals surface area contributed by atoms with E-state index in [9.17, 15) is 45.9 Å². The maximum Gasteiger partial charge on any atom is 0.311 e. The summed E-state index contributed by atoms with van der Waals surface area (Å²) in [6.07, 6.45) is 11.0. The number of nitrogens with two attached hydrogens (primary N) is 3. The molecule has 0 fully saturated rings. The summed E-state index contributed by atoms with van der Waals surface area (Å²) >= 11 is 0. The third kappa shape index (κ3) is 44.2. The Bertz CT molecular complexity index is 1700. The Hall–Kier alpha value is -4.02. The largest absolute Gasteiger partial charge is 0.420 e. The fourth-order valence-electron chi connectivity index (χ4n) is 7.57. The number of hydrogen-bond donors (Lipinski definition) is 6. The van der Waals surface area contributed by atoms with Gasteiger partial charge in [-0.05, 0) is 64.7 Å². The van der Waals surface area contributed by atoms with Gasteiger partial charge in [-0.2, -0.15) is 8.78 Å². The van der Waals surface area contributed by atoms with Crippen LogP contribution >= 0.6 is 0 Å². The highest BCUT2D eigenvalue weighted by Crippen LogP contribution is 2.30. The highest BCUT2D eigenvalue weighted by atomic mass is 19.2. The minimum Gasteiger partial charge on any atom is -0.420 e. The Labute approximate surface area is 477 Å². The van der Waals surface area contributed by atoms with Gasteiger partial charge in [-0.25, -0.2) is 13.2 Å². The molecule has 0 saturated carbocycles. The molecule has 1 unspecified atom stereocenters. The van der Waals surface area contributed by atoms with Crippen LogP contribution in [0.4, 0.5) is 22.0 Å². The zero-order valence-electron chi connectivity index (χ0n) is 48.5. The number of hydrogen-bond acceptors (Lipinski definition) is 17. The summed E-state index contributed by atoms with van der Waals surface area (Å²) in [6, 6.07) is 0. The van der Waals surface area contributed by atoms with Crippen molar-refractivity contribution in [2.24, 2.45) is 17.2 Å². The molecule has 0 saturated heterocycles. The van der Waals surface area contributed by atoms with Crippen LogP contribution in [0.3, 0.4) is 0 Å². The number of amides is 3. The molecule has 0 spiro atoms. The Balaban J connectivity index is 0.00000398. The molecule has 9 N–H and O–H groups in total. The minimum absolute atomic E-state index is 0.0329. The number of unbranched alkanes of at least 4 members (excludes halogenated alkanes) is 10. The van der Waals surface area contributed by atoms with E-state index < -0.39 is 46.3 Å². The summed E-state index contributed by atoms with van der Waals surface area (Å²) in [5.74, 6) is -14.8. The third-order valence-corrected chi connectivity index (χ3v) is 12.1. The first kappa shape index (κ1) is 77.0. The number of rotatable bonds is 55. The van der Waals surface area contributed by atoms with Crippen LogP contribution < -0.4 is 37.9 Å². The lowest BCUT2D eigenvalue weighted by Gasteiger charge is -2.35. The Kier molecular flexibility index (Phi) is 51.3. The summed E-state index contributed by atoms with van der Waals surface area (Å²) in [5.41, 5.74) is 15.0. The molecule has 1 aromatic carbocycles. The van der Waals surface area contributed by atoms with Crippen molar-refractivity contribution in [1.82, 2.24) is 16.0 Å². The minimum atomic E-state index is -2.34. The average molecular weight is 1180 g/mol. The first-order valence-corrected chi connectivity index (χ1v) is 29.0. The van der Waals surface area contributed by atoms with Crippen LogP contribution in [-0.4, -0.2) is 173 Å². The summed E-state index contributed by atoms with van der Waals surface area (Å²) in [7, 11) is 0. The van der Waals surface area contributed by atoms with E-state index in [-0.39, 0.29) is 94.4 Å². The van der Waals surface area contributed by atoms with Crippen LogP contribution in [0.2, 0.25) is 0 Å². The number of nitrogens with one attached hydrogen (secondary N) is 3. The Morgan fingerprint density at radius 2 is 0.741 bits per heavy atom. The highest BCUT2D eigenvalue weighted by molar-refractivity contribution is 5.80. The predicted molar refractivity (Wildman–Crippen MR) is 296 cm³/mol. The van der Waals surface area contributed by atoms with Gasteiger partial charge < -0.3 is 80.6 Å². The fourth-order valence-corrected chi connectivity index (χ4v) is 7.57. The first-order valence-electron chi connectivity index (χ1n) is 29.0. The quantitative estimate of drug-likeness (QED) is 0.0106. The van der Waals surface area contributed by atoms with Crippen molar-refractivity contribution in [3.63, 3.8) is 0 Å². The number of ether oxygens (including phenoxy) is 9. The average Bonchev–Trinajstić information content (AvgIpc) is 3.45. The summed E-state index contributed by atoms with van der Waals surface area (Å²) in [4.78, 5) is 63.6. The number of halogens is 5. The number of Topliss-reactive ketones (excluding diaryl/α,β-unsaturated/α-hetero) is 1. The molecule has 0 radical (unpaired) electrons. The molecule has 1 atom stereocenters. The second-order valence-corrected chi connectivity index (χ2v) is 19.1. The van der Waals surface area contributed by atoms with Gasteiger partial charge in [-0.1, -0.05) is 51.9 Å². The van der Waals surface area contributed by atoms with E-state index in [0.717, 1.165) is 58.0 Å². The van der Waals surface area contributed by atoms with E-state index in [4.69, 9.17) is 55.1 Å². The van der Waals surface area contributed by atoms with Crippen molar-refractivity contribution in [2.45, 2.75) is 154 Å². The van der Waals surface area contributed by atoms with E-state index in [0.29, 0.717) is 138 Å². The predicted octanol–water partition coefficient (Wildman–Crippen LogP) is 6.17. The maximum absolute atomic E-state index is 13.8. The van der Waals surface area contributed by atoms with Crippen LogP contribution in [0.15, 0.2) is 0 Å². The maximum atomic E-state index is 13.8. The number of carbonyl (C=O) groups is 5. The number of benzene rings is 1. The second kappa shape index (κ2) is 54.0. The molecule has 3 amide bonds. The molecule has 81 heavy (non-hydrogen) atoms. The molecule has 25 heteroatoms. The van der Waals surface area contributed by atoms with Gasteiger partial charge in [0, 0.05) is 90.2 Å². The molecule has 0 aromatic heterocycles. The van der Waals surface area contributed by atoms with Gasteiger partial charge in [-0.15, -0.1) is 0 Å². The summed E-state index contributed by atoms with van der Waals surface area (Å²) in [5, 5.41) is 8.78. The molecule has 0 bridgehead atoms. The van der Waals surface area contributed by atoms with Gasteiger partial charge in [0.25, 0.3) is 0 Å². The van der Waals surface area contributed by atoms with E-state index in [2.05, 4.69) is 27.6 Å². The molecule has 0 aliphatic carbocycles. The molecule has 1 rings (SSSR count). The van der Waals surface area contributed by atoms with Crippen LogP contribution in [0.25, 0.3) is 0 Å². The zero-order chi connectivity index (χ0) is 60.0. The molecular weight excluding hydrogens is 1080 g/mol. The molecule has 472 valence electrons. The van der Waals surface area contributed by atoms with E-state index in [1.807, 2.05) is 0 Å². The standard InChI is InChI=1S/C46H76F5N5O11.C10H23NO3/c1-35(57)15-18-46(19-16-36(58)54-23-29-63-26-12-8-11-25-62-27-21-52,20-17-37(59)55-24-30-65-32-34-66-33-31-64-28-22-53)56-38(60)13-9-6-4-2-3-5-7-10-14-39(61)67-45-43(50)41(48)40(47)42(49)44(45)51;1-2-3-5-12-7-9-14-10-8-13-6-4-11/h2-34,52-53H2,1H3,(H,54,58)(H,55,59)(H,56,60);2-11H2,1H3. The normalized spacial score (nSPS) is 11.9. The number of esters is 1. The van der Waals surface area contributed by atoms with Crippen molar-refractivity contribution in [2.75, 3.05) is 138 Å². The molecular formula is C56H99F5N6O14. The lowest BCUT2D eigenvalue weighted by molar-refractivity contribution is -0.135. The molecule has 20 nitrogen and oxygen atoms in total. The third-order valence-electron chi connectivity index (χ3n) is 12.1.